The minimum atomic E-state index is 0.650. The molecule has 0 atom stereocenters. The van der Waals surface area contributed by atoms with Gasteiger partial charge >= 0.3 is 0 Å². The van der Waals surface area contributed by atoms with Crippen LogP contribution in [0.2, 0.25) is 0 Å². The van der Waals surface area contributed by atoms with Crippen LogP contribution in [0.5, 0.6) is 0 Å². The molecule has 0 fully saturated rings. The lowest BCUT2D eigenvalue weighted by Crippen LogP contribution is -2.18. The first kappa shape index (κ1) is 9.82. The van der Waals surface area contributed by atoms with Crippen molar-refractivity contribution < 1.29 is 0 Å². The molecule has 0 radical (unpaired) electrons. The van der Waals surface area contributed by atoms with Crippen LogP contribution in [0.4, 0.5) is 0 Å². The van der Waals surface area contributed by atoms with Crippen LogP contribution in [0, 0.1) is 11.3 Å². The molecule has 1 heterocycles. The average molecular weight is 177 g/mol. The predicted molar refractivity (Wildman–Crippen MR) is 52.0 cm³/mol. The van der Waals surface area contributed by atoms with Crippen molar-refractivity contribution in [3.63, 3.8) is 0 Å². The molecule has 0 aliphatic carbocycles. The summed E-state index contributed by atoms with van der Waals surface area (Å²) in [7, 11) is 2.07. The van der Waals surface area contributed by atoms with Crippen molar-refractivity contribution in [2.45, 2.75) is 19.4 Å². The SMILES string of the molecule is CN(CCCC#N)Cc1cc[nH]c1. The van der Waals surface area contributed by atoms with Gasteiger partial charge in [0.25, 0.3) is 0 Å². The number of aromatic nitrogens is 1. The maximum absolute atomic E-state index is 8.36. The first-order valence-corrected chi connectivity index (χ1v) is 4.50. The fraction of sp³-hybridized carbons (Fsp3) is 0.500. The maximum Gasteiger partial charge on any atom is 0.0622 e. The minimum Gasteiger partial charge on any atom is -0.367 e. The van der Waals surface area contributed by atoms with Gasteiger partial charge in [0, 0.05) is 25.4 Å². The van der Waals surface area contributed by atoms with Gasteiger partial charge in [-0.1, -0.05) is 0 Å². The molecule has 3 heteroatoms. The van der Waals surface area contributed by atoms with E-state index in [1.165, 1.54) is 5.56 Å². The Morgan fingerprint density at radius 1 is 1.62 bits per heavy atom. The van der Waals surface area contributed by atoms with Crippen LogP contribution in [-0.4, -0.2) is 23.5 Å². The Labute approximate surface area is 79.0 Å². The van der Waals surface area contributed by atoms with E-state index < -0.39 is 0 Å². The monoisotopic (exact) mass is 177 g/mol. The van der Waals surface area contributed by atoms with E-state index in [4.69, 9.17) is 5.26 Å². The molecule has 0 unspecified atom stereocenters. The summed E-state index contributed by atoms with van der Waals surface area (Å²) in [5.41, 5.74) is 1.29. The molecule has 0 amide bonds. The quantitative estimate of drug-likeness (QED) is 0.696. The zero-order chi connectivity index (χ0) is 9.52. The van der Waals surface area contributed by atoms with E-state index in [0.717, 1.165) is 19.5 Å². The van der Waals surface area contributed by atoms with Crippen LogP contribution in [-0.2, 0) is 6.54 Å². The lowest BCUT2D eigenvalue weighted by Gasteiger charge is -2.14. The molecule has 0 bridgehead atoms. The number of H-pyrrole nitrogens is 1. The maximum atomic E-state index is 8.36. The molecule has 70 valence electrons. The predicted octanol–water partition coefficient (Wildman–Crippen LogP) is 1.75. The van der Waals surface area contributed by atoms with Crippen LogP contribution in [0.15, 0.2) is 18.5 Å². The van der Waals surface area contributed by atoms with Gasteiger partial charge in [-0.3, -0.25) is 0 Å². The van der Waals surface area contributed by atoms with E-state index in [1.54, 1.807) is 0 Å². The average Bonchev–Trinajstić information content (AvgIpc) is 2.57. The summed E-state index contributed by atoms with van der Waals surface area (Å²) in [5, 5.41) is 8.36. The Hall–Kier alpha value is -1.27. The number of rotatable bonds is 5. The number of nitrogens with zero attached hydrogens (tertiary/aromatic N) is 2. The molecule has 1 rings (SSSR count). The number of nitrogens with one attached hydrogen (secondary N) is 1. The third-order valence-electron chi connectivity index (χ3n) is 1.94. The summed E-state index contributed by atoms with van der Waals surface area (Å²) in [5.74, 6) is 0. The summed E-state index contributed by atoms with van der Waals surface area (Å²) in [6.07, 6.45) is 5.54. The largest absolute Gasteiger partial charge is 0.367 e. The summed E-state index contributed by atoms with van der Waals surface area (Å²) < 4.78 is 0. The second-order valence-electron chi connectivity index (χ2n) is 3.22. The molecule has 0 saturated carbocycles. The highest BCUT2D eigenvalue weighted by atomic mass is 15.1. The Morgan fingerprint density at radius 2 is 2.46 bits per heavy atom. The fourth-order valence-corrected chi connectivity index (χ4v) is 1.28. The summed E-state index contributed by atoms with van der Waals surface area (Å²) in [6, 6.07) is 4.22. The Balaban J connectivity index is 2.19. The molecular formula is C10H15N3. The van der Waals surface area contributed by atoms with E-state index in [-0.39, 0.29) is 0 Å². The Morgan fingerprint density at radius 3 is 3.08 bits per heavy atom. The summed E-state index contributed by atoms with van der Waals surface area (Å²) >= 11 is 0. The normalized spacial score (nSPS) is 10.2. The molecule has 13 heavy (non-hydrogen) atoms. The van der Waals surface area contributed by atoms with Crippen molar-refractivity contribution in [2.75, 3.05) is 13.6 Å². The van der Waals surface area contributed by atoms with Crippen molar-refractivity contribution in [1.29, 1.82) is 5.26 Å². The van der Waals surface area contributed by atoms with Crippen molar-refractivity contribution in [3.05, 3.63) is 24.0 Å². The standard InChI is InChI=1S/C10H15N3/c1-13(7-3-2-5-11)9-10-4-6-12-8-10/h4,6,8,12H,2-3,7,9H2,1H3. The highest BCUT2D eigenvalue weighted by molar-refractivity contribution is 5.07. The summed E-state index contributed by atoms with van der Waals surface area (Å²) in [6.45, 7) is 1.94. The second-order valence-corrected chi connectivity index (χ2v) is 3.22. The third kappa shape index (κ3) is 3.77. The van der Waals surface area contributed by atoms with Gasteiger partial charge in [-0.2, -0.15) is 5.26 Å². The molecule has 0 aliphatic heterocycles. The van der Waals surface area contributed by atoms with Gasteiger partial charge in [0.15, 0.2) is 0 Å². The molecule has 1 aromatic heterocycles. The molecule has 0 spiro atoms. The molecule has 0 aliphatic rings. The lowest BCUT2D eigenvalue weighted by molar-refractivity contribution is 0.324. The first-order chi connectivity index (χ1) is 6.33. The van der Waals surface area contributed by atoms with Crippen molar-refractivity contribution >= 4 is 0 Å². The number of hydrogen-bond donors (Lipinski definition) is 1. The van der Waals surface area contributed by atoms with E-state index >= 15 is 0 Å². The van der Waals surface area contributed by atoms with Gasteiger partial charge in [-0.15, -0.1) is 0 Å². The van der Waals surface area contributed by atoms with Gasteiger partial charge in [-0.05, 0) is 31.6 Å². The number of hydrogen-bond acceptors (Lipinski definition) is 2. The number of unbranched alkanes of at least 4 members (excludes halogenated alkanes) is 1. The van der Waals surface area contributed by atoms with E-state index in [2.05, 4.69) is 29.1 Å². The van der Waals surface area contributed by atoms with Gasteiger partial charge in [-0.25, -0.2) is 0 Å². The van der Waals surface area contributed by atoms with Crippen LogP contribution >= 0.6 is 0 Å². The number of aromatic amines is 1. The topological polar surface area (TPSA) is 42.8 Å². The molecule has 0 aromatic carbocycles. The van der Waals surface area contributed by atoms with Gasteiger partial charge in [0.1, 0.15) is 0 Å². The zero-order valence-electron chi connectivity index (χ0n) is 7.95. The van der Waals surface area contributed by atoms with Crippen LogP contribution in [0.1, 0.15) is 18.4 Å². The van der Waals surface area contributed by atoms with E-state index in [0.29, 0.717) is 6.42 Å². The number of nitriles is 1. The molecule has 1 N–H and O–H groups in total. The van der Waals surface area contributed by atoms with Gasteiger partial charge in [0.2, 0.25) is 0 Å². The summed E-state index contributed by atoms with van der Waals surface area (Å²) in [4.78, 5) is 5.25. The van der Waals surface area contributed by atoms with Crippen LogP contribution in [0.3, 0.4) is 0 Å². The smallest absolute Gasteiger partial charge is 0.0622 e. The Bertz CT molecular complexity index is 258. The Kier molecular flexibility index (Phi) is 4.07. The molecule has 1 aromatic rings. The van der Waals surface area contributed by atoms with Gasteiger partial charge < -0.3 is 9.88 Å². The van der Waals surface area contributed by atoms with E-state index in [1.807, 2.05) is 12.4 Å². The van der Waals surface area contributed by atoms with Crippen molar-refractivity contribution in [2.24, 2.45) is 0 Å². The minimum absolute atomic E-state index is 0.650. The fourth-order valence-electron chi connectivity index (χ4n) is 1.28. The highest BCUT2D eigenvalue weighted by Gasteiger charge is 1.99. The molecule has 3 nitrogen and oxygen atoms in total. The first-order valence-electron chi connectivity index (χ1n) is 4.50. The molecular weight excluding hydrogens is 162 g/mol. The second kappa shape index (κ2) is 5.39. The molecule has 0 saturated heterocycles. The zero-order valence-corrected chi connectivity index (χ0v) is 7.95. The lowest BCUT2D eigenvalue weighted by atomic mass is 10.3. The van der Waals surface area contributed by atoms with Crippen molar-refractivity contribution in [1.82, 2.24) is 9.88 Å². The highest BCUT2D eigenvalue weighted by Crippen LogP contribution is 2.02. The van der Waals surface area contributed by atoms with Crippen LogP contribution < -0.4 is 0 Å². The van der Waals surface area contributed by atoms with Crippen LogP contribution in [0.25, 0.3) is 0 Å². The third-order valence-corrected chi connectivity index (χ3v) is 1.94. The van der Waals surface area contributed by atoms with Gasteiger partial charge in [0.05, 0.1) is 6.07 Å². The van der Waals surface area contributed by atoms with E-state index in [9.17, 15) is 0 Å². The van der Waals surface area contributed by atoms with Crippen molar-refractivity contribution in [3.8, 4) is 6.07 Å².